The predicted molar refractivity (Wildman–Crippen MR) is 124 cm³/mol. The van der Waals surface area contributed by atoms with Crippen molar-refractivity contribution in [1.29, 1.82) is 0 Å². The molecule has 1 aliphatic heterocycles. The Hall–Kier alpha value is -1.47. The van der Waals surface area contributed by atoms with Crippen LogP contribution in [0.4, 0.5) is 13.2 Å². The van der Waals surface area contributed by atoms with E-state index >= 15 is 0 Å². The molecule has 1 nitrogen and oxygen atoms in total. The van der Waals surface area contributed by atoms with Crippen LogP contribution in [0, 0.1) is 28.6 Å². The SMILES string of the molecule is CC[C@@H]1CCN([C@H](C#CC(C)(C)C)CCC(C)(C)C)[C@H](c2ccc(C(F)(F)F)cc2)C1. The second-order valence-electron chi connectivity index (χ2n) is 11.3. The third-order valence-corrected chi connectivity index (χ3v) is 6.13. The lowest BCUT2D eigenvalue weighted by Crippen LogP contribution is -2.43. The summed E-state index contributed by atoms with van der Waals surface area (Å²) in [4.78, 5) is 2.47. The predicted octanol–water partition coefficient (Wildman–Crippen LogP) is 8.11. The Morgan fingerprint density at radius 2 is 1.65 bits per heavy atom. The number of halogens is 3. The molecule has 31 heavy (non-hydrogen) atoms. The van der Waals surface area contributed by atoms with Crippen LogP contribution >= 0.6 is 0 Å². The van der Waals surface area contributed by atoms with Crippen molar-refractivity contribution in [1.82, 2.24) is 4.90 Å². The van der Waals surface area contributed by atoms with Gasteiger partial charge in [-0.3, -0.25) is 4.90 Å². The van der Waals surface area contributed by atoms with Crippen LogP contribution in [0.15, 0.2) is 24.3 Å². The molecule has 1 saturated heterocycles. The summed E-state index contributed by atoms with van der Waals surface area (Å²) in [7, 11) is 0. The molecule has 3 atom stereocenters. The maximum Gasteiger partial charge on any atom is 0.416 e. The molecule has 1 fully saturated rings. The first-order valence-electron chi connectivity index (χ1n) is 11.7. The first kappa shape index (κ1) is 25.8. The van der Waals surface area contributed by atoms with Gasteiger partial charge in [0.15, 0.2) is 0 Å². The number of rotatable bonds is 5. The lowest BCUT2D eigenvalue weighted by atomic mass is 9.82. The molecule has 1 aromatic carbocycles. The van der Waals surface area contributed by atoms with Crippen LogP contribution in [-0.4, -0.2) is 17.5 Å². The zero-order valence-corrected chi connectivity index (χ0v) is 20.4. The number of hydrogen-bond acceptors (Lipinski definition) is 1. The summed E-state index contributed by atoms with van der Waals surface area (Å²) in [6.07, 6.45) is 0.932. The van der Waals surface area contributed by atoms with Gasteiger partial charge in [-0.05, 0) is 75.5 Å². The summed E-state index contributed by atoms with van der Waals surface area (Å²) >= 11 is 0. The second kappa shape index (κ2) is 9.99. The van der Waals surface area contributed by atoms with Crippen LogP contribution in [0.25, 0.3) is 0 Å². The summed E-state index contributed by atoms with van der Waals surface area (Å²) in [5, 5.41) is 0. The molecule has 0 spiro atoms. The normalized spacial score (nSPS) is 22.0. The Balaban J connectivity index is 2.39. The summed E-state index contributed by atoms with van der Waals surface area (Å²) in [5.74, 6) is 7.61. The van der Waals surface area contributed by atoms with E-state index in [4.69, 9.17) is 0 Å². The Kier molecular flexibility index (Phi) is 8.31. The van der Waals surface area contributed by atoms with Gasteiger partial charge in [0.1, 0.15) is 0 Å². The van der Waals surface area contributed by atoms with E-state index in [0.717, 1.165) is 44.2 Å². The monoisotopic (exact) mass is 435 g/mol. The minimum Gasteiger partial charge on any atom is -0.283 e. The van der Waals surface area contributed by atoms with E-state index in [-0.39, 0.29) is 22.9 Å². The van der Waals surface area contributed by atoms with Gasteiger partial charge in [-0.1, -0.05) is 58.1 Å². The number of benzene rings is 1. The fourth-order valence-corrected chi connectivity index (χ4v) is 4.21. The molecule has 1 aromatic rings. The van der Waals surface area contributed by atoms with Crippen molar-refractivity contribution in [2.24, 2.45) is 16.7 Å². The van der Waals surface area contributed by atoms with Gasteiger partial charge < -0.3 is 0 Å². The minimum absolute atomic E-state index is 0.0778. The largest absolute Gasteiger partial charge is 0.416 e. The average Bonchev–Trinajstić information content (AvgIpc) is 2.65. The van der Waals surface area contributed by atoms with E-state index in [1.54, 1.807) is 12.1 Å². The van der Waals surface area contributed by atoms with E-state index in [0.29, 0.717) is 5.92 Å². The van der Waals surface area contributed by atoms with Gasteiger partial charge in [-0.25, -0.2) is 0 Å². The summed E-state index contributed by atoms with van der Waals surface area (Å²) in [6, 6.07) is 6.04. The van der Waals surface area contributed by atoms with Crippen LogP contribution in [-0.2, 0) is 6.18 Å². The van der Waals surface area contributed by atoms with Crippen LogP contribution in [0.1, 0.15) is 97.7 Å². The van der Waals surface area contributed by atoms with Crippen molar-refractivity contribution in [3.8, 4) is 11.8 Å². The van der Waals surface area contributed by atoms with Crippen molar-refractivity contribution >= 4 is 0 Å². The molecule has 1 heterocycles. The van der Waals surface area contributed by atoms with E-state index in [1.807, 2.05) is 0 Å². The number of nitrogens with zero attached hydrogens (tertiary/aromatic N) is 1. The number of hydrogen-bond donors (Lipinski definition) is 0. The summed E-state index contributed by atoms with van der Waals surface area (Å²) in [6.45, 7) is 16.3. The van der Waals surface area contributed by atoms with Crippen LogP contribution in [0.3, 0.4) is 0 Å². The van der Waals surface area contributed by atoms with Crippen molar-refractivity contribution in [3.63, 3.8) is 0 Å². The minimum atomic E-state index is -4.30. The zero-order chi connectivity index (χ0) is 23.4. The molecule has 0 N–H and O–H groups in total. The van der Waals surface area contributed by atoms with Crippen molar-refractivity contribution in [2.75, 3.05) is 6.54 Å². The Bertz CT molecular complexity index is 753. The van der Waals surface area contributed by atoms with Crippen molar-refractivity contribution < 1.29 is 13.2 Å². The summed E-state index contributed by atoms with van der Waals surface area (Å²) < 4.78 is 39.2. The molecule has 0 saturated carbocycles. The molecular formula is C27H40F3N. The molecule has 0 unspecified atom stereocenters. The maximum atomic E-state index is 13.1. The van der Waals surface area contributed by atoms with E-state index in [9.17, 15) is 13.2 Å². The lowest BCUT2D eigenvalue weighted by Gasteiger charge is -2.43. The quantitative estimate of drug-likeness (QED) is 0.422. The lowest BCUT2D eigenvalue weighted by molar-refractivity contribution is -0.137. The average molecular weight is 436 g/mol. The smallest absolute Gasteiger partial charge is 0.283 e. The van der Waals surface area contributed by atoms with Crippen LogP contribution in [0.5, 0.6) is 0 Å². The molecule has 1 aliphatic rings. The van der Waals surface area contributed by atoms with Gasteiger partial charge in [0.25, 0.3) is 0 Å². The highest BCUT2D eigenvalue weighted by Gasteiger charge is 2.35. The van der Waals surface area contributed by atoms with Gasteiger partial charge in [-0.2, -0.15) is 13.2 Å². The molecule has 2 rings (SSSR count). The molecule has 4 heteroatoms. The number of alkyl halides is 3. The third kappa shape index (κ3) is 8.19. The number of piperidine rings is 1. The van der Waals surface area contributed by atoms with Crippen molar-refractivity contribution in [3.05, 3.63) is 35.4 Å². The van der Waals surface area contributed by atoms with Gasteiger partial charge in [-0.15, -0.1) is 0 Å². The molecule has 0 aromatic heterocycles. The zero-order valence-electron chi connectivity index (χ0n) is 20.4. The molecule has 0 radical (unpaired) electrons. The highest BCUT2D eigenvalue weighted by molar-refractivity contribution is 5.28. The fourth-order valence-electron chi connectivity index (χ4n) is 4.21. The fraction of sp³-hybridized carbons (Fsp3) is 0.704. The Morgan fingerprint density at radius 3 is 2.13 bits per heavy atom. The first-order valence-corrected chi connectivity index (χ1v) is 11.7. The Morgan fingerprint density at radius 1 is 1.03 bits per heavy atom. The molecule has 174 valence electrons. The summed E-state index contributed by atoms with van der Waals surface area (Å²) in [5.41, 5.74) is 0.533. The first-order chi connectivity index (χ1) is 14.2. The van der Waals surface area contributed by atoms with Crippen LogP contribution < -0.4 is 0 Å². The van der Waals surface area contributed by atoms with E-state index in [1.165, 1.54) is 12.1 Å². The molecule has 0 aliphatic carbocycles. The van der Waals surface area contributed by atoms with Gasteiger partial charge >= 0.3 is 6.18 Å². The highest BCUT2D eigenvalue weighted by Crippen LogP contribution is 2.39. The highest BCUT2D eigenvalue weighted by atomic mass is 19.4. The third-order valence-electron chi connectivity index (χ3n) is 6.13. The topological polar surface area (TPSA) is 3.24 Å². The Labute approximate surface area is 187 Å². The van der Waals surface area contributed by atoms with Gasteiger partial charge in [0, 0.05) is 18.0 Å². The van der Waals surface area contributed by atoms with Crippen molar-refractivity contribution in [2.45, 2.75) is 98.8 Å². The van der Waals surface area contributed by atoms with E-state index < -0.39 is 11.7 Å². The molecule has 0 amide bonds. The maximum absolute atomic E-state index is 13.1. The second-order valence-corrected chi connectivity index (χ2v) is 11.3. The number of likely N-dealkylation sites (tertiary alicyclic amines) is 1. The van der Waals surface area contributed by atoms with Crippen LogP contribution in [0.2, 0.25) is 0 Å². The van der Waals surface area contributed by atoms with Gasteiger partial charge in [0.05, 0.1) is 11.6 Å². The molecule has 0 bridgehead atoms. The molecular weight excluding hydrogens is 395 g/mol. The van der Waals surface area contributed by atoms with Gasteiger partial charge in [0.2, 0.25) is 0 Å². The van der Waals surface area contributed by atoms with E-state index in [2.05, 4.69) is 65.2 Å². The standard InChI is InChI=1S/C27H40F3N/c1-8-20-15-18-31(23(13-16-25(2,3)4)14-17-26(5,6)7)24(19-20)21-9-11-22(12-10-21)27(28,29)30/h9-12,20,23-24H,8,13,15-16,18-19H2,1-7H3/t20-,23+,24+/m1/s1.